The van der Waals surface area contributed by atoms with E-state index in [-0.39, 0.29) is 141 Å². The molecule has 4 aliphatic rings. The number of rotatable bonds is 41. The quantitative estimate of drug-likeness (QED) is 0.00477. The molecule has 4 saturated heterocycles. The number of azide groups is 1. The Bertz CT molecular complexity index is 4620. The van der Waals surface area contributed by atoms with Crippen molar-refractivity contribution in [2.24, 2.45) is 38.0 Å². The van der Waals surface area contributed by atoms with Gasteiger partial charge in [0, 0.05) is 69.6 Å². The maximum absolute atomic E-state index is 14.0. The topological polar surface area (TPSA) is 830 Å². The lowest BCUT2D eigenvalue weighted by Gasteiger charge is -2.40. The number of ether oxygens (including phenoxy) is 2. The number of unbranched alkanes of at least 4 members (excludes halogenated alkanes) is 3. The normalized spacial score (nSPS) is 24.6. The molecular formula is C82H120F2N26O26. The van der Waals surface area contributed by atoms with Gasteiger partial charge in [0.25, 0.3) is 11.8 Å². The third-order valence-electron chi connectivity index (χ3n) is 20.7. The van der Waals surface area contributed by atoms with Gasteiger partial charge in [0.1, 0.15) is 110 Å². The van der Waals surface area contributed by atoms with Crippen LogP contribution in [-0.4, -0.2) is 344 Å². The summed E-state index contributed by atoms with van der Waals surface area (Å²) < 4.78 is 35.9. The fourth-order valence-corrected chi connectivity index (χ4v) is 13.6. The first kappa shape index (κ1) is 113. The van der Waals surface area contributed by atoms with Gasteiger partial charge in [-0.05, 0) is 100 Å². The van der Waals surface area contributed by atoms with Crippen LogP contribution in [0.4, 0.5) is 8.78 Å². The fraction of sp³-hybridized carbons (Fsp3) is 0.585. The summed E-state index contributed by atoms with van der Waals surface area (Å²) in [7, 11) is 0. The van der Waals surface area contributed by atoms with E-state index in [1.165, 1.54) is 10.9 Å². The first-order valence-corrected chi connectivity index (χ1v) is 43.4. The van der Waals surface area contributed by atoms with Gasteiger partial charge < -0.3 is 148 Å². The van der Waals surface area contributed by atoms with E-state index in [1.807, 2.05) is 0 Å². The fourth-order valence-electron chi connectivity index (χ4n) is 13.6. The average molecular weight is 1920 g/mol. The number of aromatic nitrogens is 3. The number of carbonyl (C=O) groups is 16. The number of nitrogens with zero attached hydrogens (tertiary/aromatic N) is 8. The molecule has 0 bridgehead atoms. The van der Waals surface area contributed by atoms with Crippen LogP contribution < -0.4 is 97.4 Å². The lowest BCUT2D eigenvalue weighted by atomic mass is 9.94. The number of carboxylic acid groups (broad SMARTS) is 2. The molecule has 0 saturated carbocycles. The monoisotopic (exact) mass is 1920 g/mol. The van der Waals surface area contributed by atoms with Gasteiger partial charge in [-0.2, -0.15) is 0 Å². The summed E-state index contributed by atoms with van der Waals surface area (Å²) in [6.07, 6.45) is -10.3. The van der Waals surface area contributed by atoms with Crippen molar-refractivity contribution in [3.05, 3.63) is 94.1 Å². The van der Waals surface area contributed by atoms with Gasteiger partial charge in [0.05, 0.1) is 45.0 Å². The Labute approximate surface area is 777 Å². The zero-order valence-electron chi connectivity index (χ0n) is 74.1. The SMILES string of the molecule is C#CCCCF.NC(N)=NCCC[C@@H]1NC(=O)[C@H](CCCCNC(=O)C2O[C@H](CNC(=O)Cn3cc(CCCF)nn3)[C@H](O)C(O)[C@@H]2O)NC(=O)[C@@H](Cc2ccccc2)NC(=O)[C@H](CC(=O)O)NC(=O)CNC1=O.[N-]=[N+]=NCC(=O)NC[C@H]1OC(C(=O)NCCCC[C@@H]2NC(=O)[C@@H](Cc3ccccc3)NC(=O)[C@H](CC(=O)O)NC(=O)CNC(=O)[C@H](CCCN=C(N)N)NC2=O)[C@@H](O)C(O)[C@H]1O. The van der Waals surface area contributed by atoms with E-state index < -0.39 is 250 Å². The molecular weight excluding hydrogens is 1800 g/mol. The Morgan fingerprint density at radius 1 is 0.493 bits per heavy atom. The molecule has 1 aromatic heterocycles. The largest absolute Gasteiger partial charge is 0.481 e. The van der Waals surface area contributed by atoms with Gasteiger partial charge in [-0.3, -0.25) is 95.5 Å². The van der Waals surface area contributed by atoms with Crippen LogP contribution in [-0.2, 0) is 112 Å². The molecule has 0 aliphatic carbocycles. The molecule has 0 radical (unpaired) electrons. The van der Waals surface area contributed by atoms with Gasteiger partial charge in [-0.15, -0.1) is 17.4 Å². The second kappa shape index (κ2) is 60.3. The molecule has 0 spiro atoms. The van der Waals surface area contributed by atoms with Crippen molar-refractivity contribution in [1.82, 2.24) is 89.4 Å². The van der Waals surface area contributed by atoms with Crippen LogP contribution in [0.1, 0.15) is 113 Å². The zero-order chi connectivity index (χ0) is 100. The molecule has 54 heteroatoms. The summed E-state index contributed by atoms with van der Waals surface area (Å²) in [5, 5.41) is 127. The number of hydrogen-bond acceptors (Lipinski definition) is 29. The number of terminal acetylenes is 1. The Morgan fingerprint density at radius 2 is 0.875 bits per heavy atom. The first-order valence-electron chi connectivity index (χ1n) is 43.4. The number of benzene rings is 2. The van der Waals surface area contributed by atoms with Crippen LogP contribution in [0.3, 0.4) is 0 Å². The maximum Gasteiger partial charge on any atom is 0.305 e. The minimum atomic E-state index is -1.87. The smallest absolute Gasteiger partial charge is 0.305 e. The second-order valence-electron chi connectivity index (χ2n) is 31.4. The molecule has 136 heavy (non-hydrogen) atoms. The Hall–Kier alpha value is -13.9. The van der Waals surface area contributed by atoms with E-state index in [9.17, 15) is 126 Å². The molecule has 2 aromatic carbocycles. The van der Waals surface area contributed by atoms with Crippen molar-refractivity contribution in [3.8, 4) is 12.3 Å². The number of carbonyl (C=O) groups excluding carboxylic acids is 14. The number of alkyl halides is 2. The average Bonchev–Trinajstić information content (AvgIpc) is 0.880. The van der Waals surface area contributed by atoms with Crippen LogP contribution in [0.5, 0.6) is 0 Å². The Balaban J connectivity index is 0.000000454. The van der Waals surface area contributed by atoms with Gasteiger partial charge in [-0.25, -0.2) is 4.68 Å². The lowest BCUT2D eigenvalue weighted by Crippen LogP contribution is -2.63. The van der Waals surface area contributed by atoms with Crippen molar-refractivity contribution in [2.75, 3.05) is 72.3 Å². The molecule has 52 nitrogen and oxygen atoms in total. The molecule has 7 rings (SSSR count). The number of nitrogens with one attached hydrogen (secondary N) is 14. The highest BCUT2D eigenvalue weighted by Gasteiger charge is 2.49. The van der Waals surface area contributed by atoms with Crippen LogP contribution in [0.15, 0.2) is 82.0 Å². The van der Waals surface area contributed by atoms with Crippen LogP contribution >= 0.6 is 0 Å². The van der Waals surface area contributed by atoms with Crippen molar-refractivity contribution >= 4 is 107 Å². The highest BCUT2D eigenvalue weighted by Crippen LogP contribution is 2.24. The summed E-state index contributed by atoms with van der Waals surface area (Å²) in [6, 6.07) is 5.41. The number of aliphatic hydroxyl groups is 6. The Kier molecular flexibility index (Phi) is 49.9. The van der Waals surface area contributed by atoms with Crippen LogP contribution in [0.25, 0.3) is 10.4 Å². The van der Waals surface area contributed by atoms with Crippen molar-refractivity contribution < 1.29 is 136 Å². The predicted octanol–water partition coefficient (Wildman–Crippen LogP) is -9.97. The minimum absolute atomic E-state index is 0.0369. The Morgan fingerprint density at radius 3 is 1.26 bits per heavy atom. The van der Waals surface area contributed by atoms with E-state index in [2.05, 4.69) is 111 Å². The standard InChI is InChI=1S/C41H60FN13O13.C36H53N13O13.C5H7F/c42-13-6-10-23-20-55(54-53-23)21-30(57)47-18-28-32(60)33(61)34(62)35(68-28)40(67)45-14-5-4-11-25-37(64)50-24(12-7-15-46-41(43)44)36(63)48-19-29(56)49-27(17-31(58)59)39(66)52-26(38(65)51-25)16-22-8-2-1-3-9-22;37-36(38)41-12-6-10-19-31(57)43-16-25(51)45-22(14-26(52)53)34(60)48-21(13-18-7-2-1-3-8-18)33(59)47-20(32(58)46-19)9-4-5-11-40-35(61)30-29(56)28(55)27(54)23(62-30)15-42-24(50)17-44-49-39;1-2-3-4-5-6/h1-3,8-9,20,24-28,32-35,60-62H,4-7,10-19,21H2,(H,45,67)(H,47,57)(H,48,63)(H,49,56)(H,50,64)(H,51,65)(H,52,66)(H,58,59)(H4,43,44,46);1-3,7-8,19-23,27-30,54-56H,4-6,9-17H2,(H,40,61)(H,42,50)(H,43,57)(H,45,51)(H,46,58)(H,47,59)(H,48,60)(H,52,53)(H4,37,38,41);1H,3-5H2/t24-,25-,26+,27-,28+,32-,33?,34-,35?;19-,20-,21+,22-,23+,27-,28?,29-,30?;/m00./s1. The van der Waals surface area contributed by atoms with Crippen molar-refractivity contribution in [2.45, 2.75) is 231 Å². The number of aryl methyl sites for hydroxylation is 1. The third-order valence-corrected chi connectivity index (χ3v) is 20.7. The van der Waals surface area contributed by atoms with E-state index in [0.717, 1.165) is 0 Å². The minimum Gasteiger partial charge on any atom is -0.481 e. The number of aliphatic imine (C=N–C) groups is 2. The number of carboxylic acids is 2. The third kappa shape index (κ3) is 40.9. The predicted molar refractivity (Wildman–Crippen MR) is 472 cm³/mol. The lowest BCUT2D eigenvalue weighted by molar-refractivity contribution is -0.219. The number of hydrogen-bond donors (Lipinski definition) is 26. The highest BCUT2D eigenvalue weighted by molar-refractivity contribution is 6.00. The molecule has 3 aromatic rings. The van der Waals surface area contributed by atoms with E-state index in [4.69, 9.17) is 44.4 Å². The number of nitrogens with two attached hydrogens (primary N) is 4. The number of aliphatic hydroxyl groups excluding tert-OH is 6. The maximum atomic E-state index is 14.0. The van der Waals surface area contributed by atoms with Gasteiger partial charge in [0.15, 0.2) is 24.1 Å². The molecule has 30 N–H and O–H groups in total. The van der Waals surface area contributed by atoms with E-state index in [1.54, 1.807) is 60.7 Å². The summed E-state index contributed by atoms with van der Waals surface area (Å²) >= 11 is 0. The number of aliphatic carboxylic acids is 2. The summed E-state index contributed by atoms with van der Waals surface area (Å²) in [6.45, 7) is -3.92. The molecule has 14 amide bonds. The zero-order valence-corrected chi connectivity index (χ0v) is 74.1. The molecule has 4 aliphatic heterocycles. The van der Waals surface area contributed by atoms with Gasteiger partial charge in [0.2, 0.25) is 70.9 Å². The summed E-state index contributed by atoms with van der Waals surface area (Å²) in [5.74, 6) is -13.1. The number of amides is 14. The molecule has 5 heterocycles. The van der Waals surface area contributed by atoms with E-state index in [0.29, 0.717) is 36.1 Å². The first-order chi connectivity index (χ1) is 64.9. The highest BCUT2D eigenvalue weighted by atomic mass is 19.1. The van der Waals surface area contributed by atoms with E-state index >= 15 is 0 Å². The molecule has 748 valence electrons. The van der Waals surface area contributed by atoms with Gasteiger partial charge in [-0.1, -0.05) is 71.0 Å². The second-order valence-corrected chi connectivity index (χ2v) is 31.4. The van der Waals surface area contributed by atoms with Crippen LogP contribution in [0, 0.1) is 12.3 Å². The number of guanidine groups is 2. The van der Waals surface area contributed by atoms with Crippen molar-refractivity contribution in [1.29, 1.82) is 0 Å². The molecule has 4 fully saturated rings. The van der Waals surface area contributed by atoms with Crippen molar-refractivity contribution in [3.63, 3.8) is 0 Å². The van der Waals surface area contributed by atoms with Crippen LogP contribution in [0.2, 0.25) is 0 Å². The molecule has 4 unspecified atom stereocenters. The molecule has 18 atom stereocenters. The summed E-state index contributed by atoms with van der Waals surface area (Å²) in [5.41, 5.74) is 31.6. The van der Waals surface area contributed by atoms with Gasteiger partial charge >= 0.3 is 11.9 Å². The number of halogens is 2. The summed E-state index contributed by atoms with van der Waals surface area (Å²) in [4.78, 5) is 220.